The van der Waals surface area contributed by atoms with Crippen molar-refractivity contribution in [3.63, 3.8) is 0 Å². The van der Waals surface area contributed by atoms with Crippen molar-refractivity contribution in [3.05, 3.63) is 0 Å². The third-order valence-corrected chi connectivity index (χ3v) is 3.15. The second kappa shape index (κ2) is 4.51. The van der Waals surface area contributed by atoms with Crippen molar-refractivity contribution in [2.24, 2.45) is 11.7 Å². The van der Waals surface area contributed by atoms with Gasteiger partial charge in [0.15, 0.2) is 0 Å². The number of hydrogen-bond acceptors (Lipinski definition) is 2. The van der Waals surface area contributed by atoms with E-state index in [9.17, 15) is 9.59 Å². The smallest absolute Gasteiger partial charge is 0.312 e. The fourth-order valence-corrected chi connectivity index (χ4v) is 1.93. The number of amides is 3. The highest BCUT2D eigenvalue weighted by molar-refractivity contribution is 5.86. The van der Waals surface area contributed by atoms with Crippen LogP contribution >= 0.6 is 0 Å². The number of nitrogens with zero attached hydrogens (tertiary/aromatic N) is 1. The maximum atomic E-state index is 11.9. The van der Waals surface area contributed by atoms with E-state index in [1.807, 2.05) is 11.8 Å². The van der Waals surface area contributed by atoms with Crippen LogP contribution in [-0.4, -0.2) is 35.5 Å². The average molecular weight is 213 g/mol. The Morgan fingerprint density at radius 3 is 2.47 bits per heavy atom. The lowest BCUT2D eigenvalue weighted by atomic mass is 10.1. The Hall–Kier alpha value is -1.26. The van der Waals surface area contributed by atoms with Gasteiger partial charge in [0.05, 0.1) is 0 Å². The summed E-state index contributed by atoms with van der Waals surface area (Å²) in [5.41, 5.74) is 4.97. The van der Waals surface area contributed by atoms with Gasteiger partial charge in [0, 0.05) is 12.6 Å². The molecule has 3 unspecified atom stereocenters. The molecule has 1 heterocycles. The summed E-state index contributed by atoms with van der Waals surface area (Å²) in [6, 6.07) is -0.944. The van der Waals surface area contributed by atoms with E-state index in [-0.39, 0.29) is 11.9 Å². The third kappa shape index (κ3) is 2.61. The van der Waals surface area contributed by atoms with Crippen LogP contribution in [0.5, 0.6) is 0 Å². The Balaban J connectivity index is 2.57. The van der Waals surface area contributed by atoms with Gasteiger partial charge in [-0.25, -0.2) is 4.79 Å². The van der Waals surface area contributed by atoms with Gasteiger partial charge in [-0.05, 0) is 26.2 Å². The van der Waals surface area contributed by atoms with Gasteiger partial charge in [-0.15, -0.1) is 0 Å². The van der Waals surface area contributed by atoms with Crippen molar-refractivity contribution < 1.29 is 9.59 Å². The van der Waals surface area contributed by atoms with Gasteiger partial charge in [0.2, 0.25) is 5.91 Å². The first-order chi connectivity index (χ1) is 6.93. The van der Waals surface area contributed by atoms with Crippen molar-refractivity contribution in [2.45, 2.75) is 39.3 Å². The number of likely N-dealkylation sites (tertiary alicyclic amines) is 1. The zero-order valence-electron chi connectivity index (χ0n) is 9.49. The van der Waals surface area contributed by atoms with Crippen LogP contribution in [0, 0.1) is 5.92 Å². The van der Waals surface area contributed by atoms with Gasteiger partial charge in [-0.3, -0.25) is 4.79 Å². The SMILES string of the molecule is CC(NC(N)=O)C(=O)N1CCC(C)C1C. The van der Waals surface area contributed by atoms with Gasteiger partial charge in [-0.1, -0.05) is 6.92 Å². The van der Waals surface area contributed by atoms with Gasteiger partial charge in [0.25, 0.3) is 0 Å². The fourth-order valence-electron chi connectivity index (χ4n) is 1.93. The summed E-state index contributed by atoms with van der Waals surface area (Å²) in [6.07, 6.45) is 1.02. The number of primary amides is 1. The molecule has 0 aromatic carbocycles. The summed E-state index contributed by atoms with van der Waals surface area (Å²) < 4.78 is 0. The molecule has 0 aliphatic carbocycles. The third-order valence-electron chi connectivity index (χ3n) is 3.15. The molecule has 1 aliphatic heterocycles. The van der Waals surface area contributed by atoms with Crippen LogP contribution in [0.15, 0.2) is 0 Å². The van der Waals surface area contributed by atoms with E-state index in [4.69, 9.17) is 5.73 Å². The quantitative estimate of drug-likeness (QED) is 0.692. The molecule has 1 rings (SSSR count). The topological polar surface area (TPSA) is 75.4 Å². The summed E-state index contributed by atoms with van der Waals surface area (Å²) >= 11 is 0. The molecular weight excluding hydrogens is 194 g/mol. The van der Waals surface area contributed by atoms with Gasteiger partial charge < -0.3 is 16.0 Å². The highest BCUT2D eigenvalue weighted by Gasteiger charge is 2.33. The van der Waals surface area contributed by atoms with E-state index < -0.39 is 12.1 Å². The van der Waals surface area contributed by atoms with E-state index in [0.29, 0.717) is 5.92 Å². The minimum Gasteiger partial charge on any atom is -0.352 e. The molecule has 5 heteroatoms. The van der Waals surface area contributed by atoms with E-state index >= 15 is 0 Å². The molecule has 0 bridgehead atoms. The molecular formula is C10H19N3O2. The summed E-state index contributed by atoms with van der Waals surface area (Å²) in [5, 5.41) is 2.40. The Morgan fingerprint density at radius 2 is 2.07 bits per heavy atom. The zero-order valence-corrected chi connectivity index (χ0v) is 9.49. The van der Waals surface area contributed by atoms with Crippen molar-refractivity contribution >= 4 is 11.9 Å². The molecule has 1 fully saturated rings. The zero-order chi connectivity index (χ0) is 11.6. The van der Waals surface area contributed by atoms with Crippen LogP contribution in [-0.2, 0) is 4.79 Å². The summed E-state index contributed by atoms with van der Waals surface area (Å²) in [6.45, 7) is 6.59. The number of carbonyl (C=O) groups excluding carboxylic acids is 2. The van der Waals surface area contributed by atoms with Crippen molar-refractivity contribution in [3.8, 4) is 0 Å². The molecule has 0 spiro atoms. The first kappa shape index (κ1) is 11.8. The maximum absolute atomic E-state index is 11.9. The monoisotopic (exact) mass is 213 g/mol. The van der Waals surface area contributed by atoms with Crippen LogP contribution in [0.2, 0.25) is 0 Å². The number of rotatable bonds is 2. The molecule has 0 aromatic rings. The highest BCUT2D eigenvalue weighted by Crippen LogP contribution is 2.23. The molecule has 5 nitrogen and oxygen atoms in total. The normalized spacial score (nSPS) is 27.5. The Bertz CT molecular complexity index is 267. The van der Waals surface area contributed by atoms with E-state index in [1.54, 1.807) is 6.92 Å². The van der Waals surface area contributed by atoms with Crippen molar-refractivity contribution in [1.29, 1.82) is 0 Å². The highest BCUT2D eigenvalue weighted by atomic mass is 16.2. The second-order valence-corrected chi connectivity index (χ2v) is 4.27. The Morgan fingerprint density at radius 1 is 1.47 bits per heavy atom. The minimum atomic E-state index is -0.657. The van der Waals surface area contributed by atoms with E-state index in [1.165, 1.54) is 0 Å². The number of hydrogen-bond donors (Lipinski definition) is 2. The number of carbonyl (C=O) groups is 2. The second-order valence-electron chi connectivity index (χ2n) is 4.27. The van der Waals surface area contributed by atoms with Gasteiger partial charge in [0.1, 0.15) is 6.04 Å². The standard InChI is InChI=1S/C10H19N3O2/c1-6-4-5-13(8(6)3)9(14)7(2)12-10(11)15/h6-8H,4-5H2,1-3H3,(H3,11,12,15). The van der Waals surface area contributed by atoms with Crippen LogP contribution in [0.3, 0.4) is 0 Å². The minimum absolute atomic E-state index is 0.0503. The largest absolute Gasteiger partial charge is 0.352 e. The van der Waals surface area contributed by atoms with Crippen LogP contribution in [0.4, 0.5) is 4.79 Å². The van der Waals surface area contributed by atoms with Crippen LogP contribution < -0.4 is 11.1 Å². The predicted octanol–water partition coefficient (Wildman–Crippen LogP) is 0.300. The molecule has 0 aromatic heterocycles. The van der Waals surface area contributed by atoms with E-state index in [0.717, 1.165) is 13.0 Å². The fraction of sp³-hybridized carbons (Fsp3) is 0.800. The number of nitrogens with two attached hydrogens (primary N) is 1. The van der Waals surface area contributed by atoms with Crippen LogP contribution in [0.1, 0.15) is 27.2 Å². The average Bonchev–Trinajstić information content (AvgIpc) is 2.45. The first-order valence-electron chi connectivity index (χ1n) is 5.30. The summed E-state index contributed by atoms with van der Waals surface area (Å²) in [7, 11) is 0. The van der Waals surface area contributed by atoms with Crippen LogP contribution in [0.25, 0.3) is 0 Å². The number of nitrogens with one attached hydrogen (secondary N) is 1. The lowest BCUT2D eigenvalue weighted by Crippen LogP contribution is -2.49. The van der Waals surface area contributed by atoms with E-state index in [2.05, 4.69) is 12.2 Å². The van der Waals surface area contributed by atoms with Gasteiger partial charge in [-0.2, -0.15) is 0 Å². The molecule has 0 saturated carbocycles. The lowest BCUT2D eigenvalue weighted by molar-refractivity contribution is -0.133. The summed E-state index contributed by atoms with van der Waals surface area (Å²) in [5.74, 6) is 0.473. The molecule has 0 radical (unpaired) electrons. The molecule has 1 saturated heterocycles. The van der Waals surface area contributed by atoms with Gasteiger partial charge >= 0.3 is 6.03 Å². The maximum Gasteiger partial charge on any atom is 0.312 e. The first-order valence-corrected chi connectivity index (χ1v) is 5.30. The van der Waals surface area contributed by atoms with Crippen molar-refractivity contribution in [1.82, 2.24) is 10.2 Å². The predicted molar refractivity (Wildman–Crippen MR) is 57.1 cm³/mol. The molecule has 86 valence electrons. The Labute approximate surface area is 90.0 Å². The molecule has 3 atom stereocenters. The molecule has 3 amide bonds. The molecule has 3 N–H and O–H groups in total. The van der Waals surface area contributed by atoms with Crippen molar-refractivity contribution in [2.75, 3.05) is 6.54 Å². The number of urea groups is 1. The lowest BCUT2D eigenvalue weighted by Gasteiger charge is -2.26. The Kier molecular flexibility index (Phi) is 3.55. The molecule has 1 aliphatic rings. The molecule has 15 heavy (non-hydrogen) atoms. The summed E-state index contributed by atoms with van der Waals surface area (Å²) in [4.78, 5) is 24.3.